The third kappa shape index (κ3) is 1.85. The Morgan fingerprint density at radius 3 is 2.14 bits per heavy atom. The lowest BCUT2D eigenvalue weighted by Gasteiger charge is -2.07. The monoisotopic (exact) mass is 285 g/mol. The number of anilines is 1. The van der Waals surface area contributed by atoms with E-state index in [-0.39, 0.29) is 10.8 Å². The maximum atomic E-state index is 6.11. The van der Waals surface area contributed by atoms with Crippen LogP contribution in [0, 0.1) is 10.8 Å². The lowest BCUT2D eigenvalue weighted by atomic mass is 9.99. The van der Waals surface area contributed by atoms with Crippen molar-refractivity contribution in [1.29, 1.82) is 0 Å². The molecular weight excluding hydrogens is 262 g/mol. The Bertz CT molecular complexity index is 654. The zero-order valence-electron chi connectivity index (χ0n) is 13.3. The first-order chi connectivity index (χ1) is 9.80. The molecule has 0 unspecified atom stereocenters. The maximum absolute atomic E-state index is 6.11. The molecule has 0 saturated heterocycles. The van der Waals surface area contributed by atoms with E-state index in [4.69, 9.17) is 10.5 Å². The zero-order valence-corrected chi connectivity index (χ0v) is 13.3. The summed E-state index contributed by atoms with van der Waals surface area (Å²) >= 11 is 0. The van der Waals surface area contributed by atoms with Crippen LogP contribution in [0.25, 0.3) is 11.1 Å². The van der Waals surface area contributed by atoms with Crippen LogP contribution in [-0.4, -0.2) is 17.3 Å². The molecule has 3 N–H and O–H groups in total. The summed E-state index contributed by atoms with van der Waals surface area (Å²) in [5.41, 5.74) is 9.85. The van der Waals surface area contributed by atoms with Gasteiger partial charge in [0, 0.05) is 17.2 Å². The summed E-state index contributed by atoms with van der Waals surface area (Å²) in [6.45, 7) is 9.19. The number of nitrogens with zero attached hydrogens (tertiary/aromatic N) is 1. The lowest BCUT2D eigenvalue weighted by molar-refractivity contribution is 0.415. The Morgan fingerprint density at radius 1 is 1.10 bits per heavy atom. The average Bonchev–Trinajstić information content (AvgIpc) is 2.72. The summed E-state index contributed by atoms with van der Waals surface area (Å²) < 4.78 is 5.22. The quantitative estimate of drug-likeness (QED) is 0.901. The summed E-state index contributed by atoms with van der Waals surface area (Å²) in [6, 6.07) is 7.97. The fraction of sp³-hybridized carbons (Fsp3) is 0.471. The molecule has 3 rings (SSSR count). The minimum Gasteiger partial charge on any atom is -0.497 e. The van der Waals surface area contributed by atoms with E-state index in [2.05, 4.69) is 37.9 Å². The number of H-pyrrole nitrogens is 1. The third-order valence-corrected chi connectivity index (χ3v) is 5.51. The first kappa shape index (κ1) is 14.0. The normalized spacial score (nSPS) is 19.5. The summed E-state index contributed by atoms with van der Waals surface area (Å²) in [6.07, 6.45) is 0. The molecule has 4 heteroatoms. The highest BCUT2D eigenvalue weighted by molar-refractivity contribution is 5.78. The molecule has 112 valence electrons. The molecule has 1 aromatic carbocycles. The number of hydrogen-bond acceptors (Lipinski definition) is 3. The molecule has 0 radical (unpaired) electrons. The highest BCUT2D eigenvalue weighted by Gasteiger charge is 2.66. The van der Waals surface area contributed by atoms with Crippen LogP contribution in [-0.2, 0) is 0 Å². The zero-order chi connectivity index (χ0) is 15.4. The van der Waals surface area contributed by atoms with Gasteiger partial charge in [0.1, 0.15) is 5.75 Å². The van der Waals surface area contributed by atoms with Crippen molar-refractivity contribution in [2.24, 2.45) is 10.8 Å². The summed E-state index contributed by atoms with van der Waals surface area (Å²) in [7, 11) is 1.67. The number of ether oxygens (including phenoxy) is 1. The molecule has 0 bridgehead atoms. The Kier molecular flexibility index (Phi) is 2.84. The van der Waals surface area contributed by atoms with Crippen molar-refractivity contribution in [3.8, 4) is 16.9 Å². The molecule has 1 aliphatic carbocycles. The summed E-state index contributed by atoms with van der Waals surface area (Å²) in [5, 5.41) is 7.42. The molecule has 0 atom stereocenters. The van der Waals surface area contributed by atoms with Crippen molar-refractivity contribution in [2.75, 3.05) is 12.8 Å². The van der Waals surface area contributed by atoms with Gasteiger partial charge in [-0.2, -0.15) is 5.10 Å². The van der Waals surface area contributed by atoms with Crippen molar-refractivity contribution in [1.82, 2.24) is 10.2 Å². The summed E-state index contributed by atoms with van der Waals surface area (Å²) in [5.74, 6) is 1.84. The van der Waals surface area contributed by atoms with E-state index in [1.165, 1.54) is 0 Å². The standard InChI is InChI=1S/C17H23N3O/c1-16(2)14(17(16,3)4)13-12(15(18)20-19-13)10-6-8-11(21-5)9-7-10/h6-9,14H,1-5H3,(H3,18,19,20). The number of hydrogen-bond donors (Lipinski definition) is 2. The van der Waals surface area contributed by atoms with Gasteiger partial charge < -0.3 is 10.5 Å². The third-order valence-electron chi connectivity index (χ3n) is 5.51. The molecule has 0 spiro atoms. The first-order valence-corrected chi connectivity index (χ1v) is 7.29. The fourth-order valence-corrected chi connectivity index (χ4v) is 3.56. The van der Waals surface area contributed by atoms with Crippen molar-refractivity contribution in [3.05, 3.63) is 30.0 Å². The minimum absolute atomic E-state index is 0.243. The van der Waals surface area contributed by atoms with E-state index in [9.17, 15) is 0 Å². The molecule has 1 aliphatic rings. The van der Waals surface area contributed by atoms with E-state index in [0.717, 1.165) is 22.6 Å². The first-order valence-electron chi connectivity index (χ1n) is 7.29. The van der Waals surface area contributed by atoms with Crippen LogP contribution in [0.2, 0.25) is 0 Å². The van der Waals surface area contributed by atoms with E-state index >= 15 is 0 Å². The lowest BCUT2D eigenvalue weighted by Crippen LogP contribution is -1.95. The van der Waals surface area contributed by atoms with Gasteiger partial charge in [-0.1, -0.05) is 39.8 Å². The Hall–Kier alpha value is -1.97. The predicted molar refractivity (Wildman–Crippen MR) is 85.3 cm³/mol. The van der Waals surface area contributed by atoms with E-state index in [1.807, 2.05) is 24.3 Å². The number of nitrogens with two attached hydrogens (primary N) is 1. The van der Waals surface area contributed by atoms with Gasteiger partial charge >= 0.3 is 0 Å². The molecule has 1 aromatic heterocycles. The van der Waals surface area contributed by atoms with Gasteiger partial charge in [0.15, 0.2) is 5.82 Å². The van der Waals surface area contributed by atoms with E-state index < -0.39 is 0 Å². The van der Waals surface area contributed by atoms with E-state index in [1.54, 1.807) is 7.11 Å². The molecule has 0 aliphatic heterocycles. The number of aromatic amines is 1. The fourth-order valence-electron chi connectivity index (χ4n) is 3.56. The molecule has 2 aromatic rings. The second-order valence-corrected chi connectivity index (χ2v) is 7.00. The maximum Gasteiger partial charge on any atom is 0.153 e. The number of aromatic nitrogens is 2. The molecule has 1 heterocycles. The summed E-state index contributed by atoms with van der Waals surface area (Å²) in [4.78, 5) is 0. The Morgan fingerprint density at radius 2 is 1.67 bits per heavy atom. The molecule has 1 saturated carbocycles. The van der Waals surface area contributed by atoms with Gasteiger partial charge in [0.05, 0.1) is 7.11 Å². The number of methoxy groups -OCH3 is 1. The molecular formula is C17H23N3O. The van der Waals surface area contributed by atoms with Crippen LogP contribution in [0.4, 0.5) is 5.82 Å². The number of rotatable bonds is 3. The van der Waals surface area contributed by atoms with Crippen LogP contribution in [0.1, 0.15) is 39.3 Å². The van der Waals surface area contributed by atoms with Gasteiger partial charge in [-0.15, -0.1) is 0 Å². The molecule has 21 heavy (non-hydrogen) atoms. The second kappa shape index (κ2) is 4.26. The van der Waals surface area contributed by atoms with Crippen LogP contribution in [0.3, 0.4) is 0 Å². The average molecular weight is 285 g/mol. The molecule has 1 fully saturated rings. The highest BCUT2D eigenvalue weighted by atomic mass is 16.5. The molecule has 4 nitrogen and oxygen atoms in total. The van der Waals surface area contributed by atoms with Crippen LogP contribution in [0.15, 0.2) is 24.3 Å². The molecule has 0 amide bonds. The van der Waals surface area contributed by atoms with Crippen LogP contribution < -0.4 is 10.5 Å². The van der Waals surface area contributed by atoms with Crippen molar-refractivity contribution >= 4 is 5.82 Å². The van der Waals surface area contributed by atoms with Gasteiger partial charge in [0.2, 0.25) is 0 Å². The Labute approximate surface area is 125 Å². The van der Waals surface area contributed by atoms with Gasteiger partial charge in [0.25, 0.3) is 0 Å². The minimum atomic E-state index is 0.243. The largest absolute Gasteiger partial charge is 0.497 e. The topological polar surface area (TPSA) is 63.9 Å². The van der Waals surface area contributed by atoms with Gasteiger partial charge in [-0.25, -0.2) is 0 Å². The predicted octanol–water partition coefficient (Wildman–Crippen LogP) is 3.82. The van der Waals surface area contributed by atoms with Crippen molar-refractivity contribution in [3.63, 3.8) is 0 Å². The van der Waals surface area contributed by atoms with Crippen LogP contribution >= 0.6 is 0 Å². The number of benzene rings is 1. The Balaban J connectivity index is 2.06. The van der Waals surface area contributed by atoms with E-state index in [0.29, 0.717) is 11.7 Å². The highest BCUT2D eigenvalue weighted by Crippen LogP contribution is 2.74. The van der Waals surface area contributed by atoms with Gasteiger partial charge in [-0.05, 0) is 28.5 Å². The second-order valence-electron chi connectivity index (χ2n) is 7.00. The van der Waals surface area contributed by atoms with Crippen molar-refractivity contribution < 1.29 is 4.74 Å². The van der Waals surface area contributed by atoms with Gasteiger partial charge in [-0.3, -0.25) is 5.10 Å². The SMILES string of the molecule is COc1ccc(-c2c(N)n[nH]c2C2C(C)(C)C2(C)C)cc1. The number of nitrogen functional groups attached to an aromatic ring is 1. The number of nitrogens with one attached hydrogen (secondary N) is 1. The van der Waals surface area contributed by atoms with Crippen molar-refractivity contribution in [2.45, 2.75) is 33.6 Å². The van der Waals surface area contributed by atoms with Crippen LogP contribution in [0.5, 0.6) is 5.75 Å². The smallest absolute Gasteiger partial charge is 0.153 e.